The van der Waals surface area contributed by atoms with Crippen LogP contribution in [0.25, 0.3) is 0 Å². The fraction of sp³-hybridized carbons (Fsp3) is 0.245. The van der Waals surface area contributed by atoms with Crippen LogP contribution in [0.4, 0.5) is 5.69 Å². The Kier molecular flexibility index (Phi) is 11.4. The normalized spacial score (nSPS) is 23.1. The molecule has 0 aliphatic carbocycles. The number of hydrogen-bond acceptors (Lipinski definition) is 8. The van der Waals surface area contributed by atoms with E-state index in [1.807, 2.05) is 127 Å². The number of benzene rings is 5. The molecule has 3 aliphatic heterocycles. The summed E-state index contributed by atoms with van der Waals surface area (Å²) in [7, 11) is 2.01. The Labute approximate surface area is 344 Å². The van der Waals surface area contributed by atoms with Gasteiger partial charge in [-0.15, -0.1) is 6.58 Å². The van der Waals surface area contributed by atoms with Crippen molar-refractivity contribution in [2.45, 2.75) is 36.2 Å². The maximum Gasteiger partial charge on any atom is 0.324 e. The SMILES string of the molecule is C=CCNC(=O)[C@@H]1[C@H]2C(=O)O[C@H](c3ccccc3)[C@H](c3ccccc3)N2[C@H](c2ccccc2OCCO)[C@@]12C(=O)Nc1ccc(C#CCN(C)Cc3ccccc3)cc12. The van der Waals surface area contributed by atoms with Crippen LogP contribution in [0.15, 0.2) is 146 Å². The summed E-state index contributed by atoms with van der Waals surface area (Å²) in [4.78, 5) is 49.4. The highest BCUT2D eigenvalue weighted by atomic mass is 16.6. The van der Waals surface area contributed by atoms with E-state index >= 15 is 4.79 Å². The molecule has 3 heterocycles. The van der Waals surface area contributed by atoms with Crippen molar-refractivity contribution in [2.24, 2.45) is 5.92 Å². The first-order chi connectivity index (χ1) is 28.9. The Morgan fingerprint density at radius 1 is 0.932 bits per heavy atom. The fourth-order valence-corrected chi connectivity index (χ4v) is 9.15. The lowest BCUT2D eigenvalue weighted by Crippen LogP contribution is -2.54. The summed E-state index contributed by atoms with van der Waals surface area (Å²) in [6, 6.07) is 39.5. The molecule has 8 rings (SSSR count). The van der Waals surface area contributed by atoms with Crippen LogP contribution >= 0.6 is 0 Å². The van der Waals surface area contributed by atoms with E-state index in [4.69, 9.17) is 9.47 Å². The quantitative estimate of drug-likeness (QED) is 0.0788. The molecule has 10 heteroatoms. The van der Waals surface area contributed by atoms with Gasteiger partial charge in [-0.25, -0.2) is 0 Å². The van der Waals surface area contributed by atoms with Crippen molar-refractivity contribution in [3.05, 3.63) is 179 Å². The Hall–Kier alpha value is -6.51. The number of carbonyl (C=O) groups is 3. The molecule has 6 atom stereocenters. The van der Waals surface area contributed by atoms with Crippen LogP contribution in [-0.2, 0) is 31.1 Å². The van der Waals surface area contributed by atoms with Gasteiger partial charge in [-0.2, -0.15) is 0 Å². The highest BCUT2D eigenvalue weighted by Gasteiger charge is 2.74. The number of nitrogens with zero attached hydrogens (tertiary/aromatic N) is 2. The molecular formula is C49H46N4O6. The number of aliphatic hydroxyl groups is 1. The summed E-state index contributed by atoms with van der Waals surface area (Å²) in [5, 5.41) is 16.0. The second-order valence-electron chi connectivity index (χ2n) is 15.1. The molecule has 0 aromatic heterocycles. The topological polar surface area (TPSA) is 120 Å². The van der Waals surface area contributed by atoms with Gasteiger partial charge in [0.05, 0.1) is 31.2 Å². The van der Waals surface area contributed by atoms with Gasteiger partial charge in [-0.05, 0) is 53.6 Å². The lowest BCUT2D eigenvalue weighted by Gasteiger charge is -2.46. The van der Waals surface area contributed by atoms with E-state index in [1.165, 1.54) is 5.56 Å². The van der Waals surface area contributed by atoms with Gasteiger partial charge in [0.15, 0.2) is 0 Å². The Bertz CT molecular complexity index is 2400. The first-order valence-electron chi connectivity index (χ1n) is 19.8. The monoisotopic (exact) mass is 786 g/mol. The van der Waals surface area contributed by atoms with Gasteiger partial charge in [0, 0.05) is 29.9 Å². The smallest absolute Gasteiger partial charge is 0.324 e. The van der Waals surface area contributed by atoms with Crippen LogP contribution in [0.2, 0.25) is 0 Å². The summed E-state index contributed by atoms with van der Waals surface area (Å²) in [6.45, 7) is 4.88. The molecule has 5 aromatic carbocycles. The fourth-order valence-electron chi connectivity index (χ4n) is 9.15. The summed E-state index contributed by atoms with van der Waals surface area (Å²) in [6.07, 6.45) is 0.756. The Morgan fingerprint density at radius 3 is 2.32 bits per heavy atom. The summed E-state index contributed by atoms with van der Waals surface area (Å²) < 4.78 is 12.7. The number of cyclic esters (lactones) is 1. The zero-order valence-electron chi connectivity index (χ0n) is 32.8. The van der Waals surface area contributed by atoms with E-state index in [0.717, 1.165) is 17.7 Å². The molecule has 10 nitrogen and oxygen atoms in total. The molecule has 2 amide bonds. The first kappa shape index (κ1) is 39.3. The van der Waals surface area contributed by atoms with Crippen molar-refractivity contribution in [3.63, 3.8) is 0 Å². The van der Waals surface area contributed by atoms with Gasteiger partial charge in [-0.1, -0.05) is 127 Å². The zero-order chi connectivity index (χ0) is 40.9. The van der Waals surface area contributed by atoms with Crippen LogP contribution in [0, 0.1) is 17.8 Å². The number of ether oxygens (including phenoxy) is 2. The number of nitrogens with one attached hydrogen (secondary N) is 2. The largest absolute Gasteiger partial charge is 0.491 e. The molecule has 1 spiro atoms. The molecule has 298 valence electrons. The van der Waals surface area contributed by atoms with Gasteiger partial charge in [0.25, 0.3) is 0 Å². The van der Waals surface area contributed by atoms with E-state index in [2.05, 4.69) is 46.1 Å². The van der Waals surface area contributed by atoms with E-state index in [-0.39, 0.29) is 19.8 Å². The third-order valence-corrected chi connectivity index (χ3v) is 11.5. The Balaban J connectivity index is 1.35. The minimum atomic E-state index is -1.71. The molecule has 0 saturated carbocycles. The second-order valence-corrected chi connectivity index (χ2v) is 15.1. The molecule has 2 fully saturated rings. The predicted molar refractivity (Wildman–Crippen MR) is 225 cm³/mol. The highest BCUT2D eigenvalue weighted by molar-refractivity contribution is 6.12. The number of morpholine rings is 1. The molecule has 5 aromatic rings. The van der Waals surface area contributed by atoms with Gasteiger partial charge >= 0.3 is 5.97 Å². The van der Waals surface area contributed by atoms with E-state index in [9.17, 15) is 14.7 Å². The maximum absolute atomic E-state index is 15.4. The van der Waals surface area contributed by atoms with Crippen LogP contribution in [0.5, 0.6) is 5.75 Å². The molecule has 0 unspecified atom stereocenters. The van der Waals surface area contributed by atoms with Crippen molar-refractivity contribution >= 4 is 23.5 Å². The average Bonchev–Trinajstić information content (AvgIpc) is 3.74. The summed E-state index contributed by atoms with van der Waals surface area (Å²) >= 11 is 0. The van der Waals surface area contributed by atoms with Crippen LogP contribution < -0.4 is 15.4 Å². The second kappa shape index (κ2) is 17.1. The first-order valence-corrected chi connectivity index (χ1v) is 19.8. The van der Waals surface area contributed by atoms with Crippen molar-refractivity contribution < 1.29 is 29.0 Å². The van der Waals surface area contributed by atoms with E-state index in [1.54, 1.807) is 12.1 Å². The number of fused-ring (bicyclic) bond motifs is 3. The average molecular weight is 787 g/mol. The molecular weight excluding hydrogens is 741 g/mol. The molecule has 3 N–H and O–H groups in total. The third kappa shape index (κ3) is 7.29. The number of hydrogen-bond donors (Lipinski definition) is 3. The molecule has 0 bridgehead atoms. The molecule has 3 aliphatic rings. The van der Waals surface area contributed by atoms with E-state index < -0.39 is 53.3 Å². The van der Waals surface area contributed by atoms with Gasteiger partial charge < -0.3 is 25.2 Å². The van der Waals surface area contributed by atoms with Gasteiger partial charge in [0.1, 0.15) is 29.9 Å². The van der Waals surface area contributed by atoms with Gasteiger partial charge in [0.2, 0.25) is 11.8 Å². The number of carbonyl (C=O) groups excluding carboxylic acids is 3. The minimum absolute atomic E-state index is 0.0125. The van der Waals surface area contributed by atoms with Crippen molar-refractivity contribution in [2.75, 3.05) is 38.7 Å². The standard InChI is InChI=1S/C49H46N4O6/c1-3-27-50-46(55)41-43-47(56)59-44(36-21-11-6-12-22-36)42(35-19-9-5-10-20-35)53(43)45(37-23-13-14-24-40(37)58-30-29-54)49(41)38-31-33(25-26-39(38)51-48(49)57)18-15-28-52(2)32-34-16-7-4-8-17-34/h3-14,16-17,19-26,31,41-45,54H,1,27-30,32H2,2H3,(H,50,55)(H,51,57)/t41-,42-,43-,44+,45+,49-/m0/s1. The number of aliphatic hydroxyl groups excluding tert-OH is 1. The van der Waals surface area contributed by atoms with E-state index in [0.29, 0.717) is 34.7 Å². The van der Waals surface area contributed by atoms with Crippen LogP contribution in [0.3, 0.4) is 0 Å². The lowest BCUT2D eigenvalue weighted by atomic mass is 9.65. The van der Waals surface area contributed by atoms with Crippen LogP contribution in [0.1, 0.15) is 51.6 Å². The zero-order valence-corrected chi connectivity index (χ0v) is 32.8. The minimum Gasteiger partial charge on any atom is -0.491 e. The third-order valence-electron chi connectivity index (χ3n) is 11.5. The summed E-state index contributed by atoms with van der Waals surface area (Å²) in [5.74, 6) is 4.19. The van der Waals surface area contributed by atoms with Crippen molar-refractivity contribution in [1.29, 1.82) is 0 Å². The Morgan fingerprint density at radius 2 is 1.61 bits per heavy atom. The number of anilines is 1. The van der Waals surface area contributed by atoms with Gasteiger partial charge in [-0.3, -0.25) is 24.2 Å². The van der Waals surface area contributed by atoms with Crippen molar-refractivity contribution in [3.8, 4) is 17.6 Å². The predicted octanol–water partition coefficient (Wildman–Crippen LogP) is 6.11. The molecule has 59 heavy (non-hydrogen) atoms. The number of esters is 1. The van der Waals surface area contributed by atoms with Crippen LogP contribution in [-0.4, -0.2) is 72.1 Å². The maximum atomic E-state index is 15.4. The molecule has 0 radical (unpaired) electrons. The summed E-state index contributed by atoms with van der Waals surface area (Å²) in [5.41, 5.74) is 3.35. The molecule has 2 saturated heterocycles. The number of para-hydroxylation sites is 1. The van der Waals surface area contributed by atoms with Crippen molar-refractivity contribution in [1.82, 2.24) is 15.1 Å². The highest BCUT2D eigenvalue weighted by Crippen LogP contribution is 2.65. The lowest BCUT2D eigenvalue weighted by molar-refractivity contribution is -0.178. The number of amides is 2. The number of rotatable bonds is 12.